The highest BCUT2D eigenvalue weighted by atomic mass is 16.4. The van der Waals surface area contributed by atoms with Crippen molar-refractivity contribution in [1.82, 2.24) is 5.32 Å². The van der Waals surface area contributed by atoms with Gasteiger partial charge in [-0.05, 0) is 25.0 Å². The number of carbonyl (C=O) groups excluding carboxylic acids is 1. The first-order chi connectivity index (χ1) is 10.1. The average molecular weight is 287 g/mol. The number of carboxylic acids is 1. The number of hydrogen-bond donors (Lipinski definition) is 3. The minimum Gasteiger partial charge on any atom is -0.480 e. The van der Waals surface area contributed by atoms with Crippen LogP contribution in [0.25, 0.3) is 0 Å². The van der Waals surface area contributed by atoms with E-state index >= 15 is 0 Å². The molecule has 0 aliphatic heterocycles. The lowest BCUT2D eigenvalue weighted by Gasteiger charge is -2.33. The van der Waals surface area contributed by atoms with Crippen molar-refractivity contribution >= 4 is 17.7 Å². The summed E-state index contributed by atoms with van der Waals surface area (Å²) in [7, 11) is 0. The fourth-order valence-corrected chi connectivity index (χ4v) is 2.61. The van der Waals surface area contributed by atoms with Gasteiger partial charge < -0.3 is 15.7 Å². The van der Waals surface area contributed by atoms with Gasteiger partial charge in [0.15, 0.2) is 0 Å². The van der Waals surface area contributed by atoms with Crippen LogP contribution in [-0.4, -0.2) is 22.6 Å². The van der Waals surface area contributed by atoms with Crippen LogP contribution in [0.3, 0.4) is 0 Å². The number of nitriles is 1. The molecule has 1 saturated carbocycles. The molecule has 0 aromatic heterocycles. The summed E-state index contributed by atoms with van der Waals surface area (Å²) in [6.07, 6.45) is 3.39. The van der Waals surface area contributed by atoms with Gasteiger partial charge in [-0.25, -0.2) is 9.59 Å². The molecule has 0 heterocycles. The lowest BCUT2D eigenvalue weighted by molar-refractivity contribution is -0.145. The van der Waals surface area contributed by atoms with E-state index in [1.807, 2.05) is 6.07 Å². The van der Waals surface area contributed by atoms with Gasteiger partial charge in [0.05, 0.1) is 11.3 Å². The van der Waals surface area contributed by atoms with Crippen LogP contribution in [0.1, 0.15) is 37.7 Å². The third-order valence-electron chi connectivity index (χ3n) is 3.77. The minimum atomic E-state index is -1.20. The number of rotatable bonds is 3. The molecular formula is C15H17N3O3. The number of carbonyl (C=O) groups is 2. The van der Waals surface area contributed by atoms with E-state index in [-0.39, 0.29) is 0 Å². The molecule has 0 bridgehead atoms. The first kappa shape index (κ1) is 14.9. The number of aliphatic carboxylic acids is 1. The van der Waals surface area contributed by atoms with Crippen molar-refractivity contribution in [2.75, 3.05) is 5.32 Å². The maximum Gasteiger partial charge on any atom is 0.329 e. The summed E-state index contributed by atoms with van der Waals surface area (Å²) in [5.41, 5.74) is -0.501. The van der Waals surface area contributed by atoms with E-state index in [1.54, 1.807) is 24.3 Å². The van der Waals surface area contributed by atoms with Crippen LogP contribution < -0.4 is 10.6 Å². The van der Waals surface area contributed by atoms with Gasteiger partial charge in [-0.2, -0.15) is 5.26 Å². The van der Waals surface area contributed by atoms with E-state index in [1.165, 1.54) is 0 Å². The van der Waals surface area contributed by atoms with Crippen LogP contribution >= 0.6 is 0 Å². The van der Waals surface area contributed by atoms with Crippen molar-refractivity contribution < 1.29 is 14.7 Å². The largest absolute Gasteiger partial charge is 0.480 e. The molecule has 2 rings (SSSR count). The van der Waals surface area contributed by atoms with Crippen LogP contribution in [0.4, 0.5) is 10.5 Å². The maximum absolute atomic E-state index is 12.1. The average Bonchev–Trinajstić information content (AvgIpc) is 2.48. The first-order valence-electron chi connectivity index (χ1n) is 6.89. The molecule has 2 amide bonds. The Bertz CT molecular complexity index is 586. The van der Waals surface area contributed by atoms with Crippen LogP contribution in [-0.2, 0) is 4.79 Å². The van der Waals surface area contributed by atoms with E-state index in [2.05, 4.69) is 10.6 Å². The van der Waals surface area contributed by atoms with E-state index in [4.69, 9.17) is 5.26 Å². The SMILES string of the molecule is N#Cc1ccccc1NC(=O)NC1(C(=O)O)CCCCC1. The zero-order valence-electron chi connectivity index (χ0n) is 11.6. The Balaban J connectivity index is 2.10. The molecule has 21 heavy (non-hydrogen) atoms. The normalized spacial score (nSPS) is 16.5. The van der Waals surface area contributed by atoms with Crippen molar-refractivity contribution in [3.63, 3.8) is 0 Å². The Morgan fingerprint density at radius 3 is 2.48 bits per heavy atom. The Labute approximate surface area is 122 Å². The van der Waals surface area contributed by atoms with Gasteiger partial charge in [0.2, 0.25) is 0 Å². The summed E-state index contributed by atoms with van der Waals surface area (Å²) in [5, 5.41) is 23.5. The molecule has 6 nitrogen and oxygen atoms in total. The van der Waals surface area contributed by atoms with Crippen molar-refractivity contribution in [2.24, 2.45) is 0 Å². The third kappa shape index (κ3) is 3.31. The molecule has 0 radical (unpaired) electrons. The molecule has 110 valence electrons. The van der Waals surface area contributed by atoms with Gasteiger partial charge in [-0.1, -0.05) is 31.4 Å². The van der Waals surface area contributed by atoms with Gasteiger partial charge in [0, 0.05) is 0 Å². The summed E-state index contributed by atoms with van der Waals surface area (Å²) in [5.74, 6) is -1.01. The van der Waals surface area contributed by atoms with Crippen LogP contribution in [0.2, 0.25) is 0 Å². The summed E-state index contributed by atoms with van der Waals surface area (Å²) < 4.78 is 0. The van der Waals surface area contributed by atoms with Crippen molar-refractivity contribution in [2.45, 2.75) is 37.6 Å². The highest BCUT2D eigenvalue weighted by Crippen LogP contribution is 2.28. The molecule has 3 N–H and O–H groups in total. The fourth-order valence-electron chi connectivity index (χ4n) is 2.61. The standard InChI is InChI=1S/C15H17N3O3/c16-10-11-6-2-3-7-12(11)17-14(21)18-15(13(19)20)8-4-1-5-9-15/h2-3,6-7H,1,4-5,8-9H2,(H,19,20)(H2,17,18,21). The minimum absolute atomic E-state index is 0.334. The van der Waals surface area contributed by atoms with Crippen LogP contribution in [0.5, 0.6) is 0 Å². The zero-order chi connectivity index (χ0) is 15.3. The maximum atomic E-state index is 12.1. The predicted octanol–water partition coefficient (Wildman–Crippen LogP) is 2.47. The smallest absolute Gasteiger partial charge is 0.329 e. The monoisotopic (exact) mass is 287 g/mol. The van der Waals surface area contributed by atoms with Gasteiger partial charge in [0.25, 0.3) is 0 Å². The number of nitrogens with zero attached hydrogens (tertiary/aromatic N) is 1. The molecule has 6 heteroatoms. The number of amides is 2. The van der Waals surface area contributed by atoms with E-state index < -0.39 is 17.5 Å². The zero-order valence-corrected chi connectivity index (χ0v) is 11.6. The fraction of sp³-hybridized carbons (Fsp3) is 0.400. The molecule has 0 atom stereocenters. The summed E-state index contributed by atoms with van der Waals surface area (Å²) in [4.78, 5) is 23.6. The molecule has 1 aliphatic carbocycles. The van der Waals surface area contributed by atoms with Crippen molar-refractivity contribution in [3.05, 3.63) is 29.8 Å². The number of urea groups is 1. The Hall–Kier alpha value is -2.55. The number of para-hydroxylation sites is 1. The Kier molecular flexibility index (Phi) is 4.43. The number of nitrogens with one attached hydrogen (secondary N) is 2. The van der Waals surface area contributed by atoms with Gasteiger partial charge in [-0.15, -0.1) is 0 Å². The van der Waals surface area contributed by atoms with E-state index in [0.29, 0.717) is 24.1 Å². The molecule has 1 aromatic carbocycles. The lowest BCUT2D eigenvalue weighted by atomic mass is 9.82. The van der Waals surface area contributed by atoms with Crippen LogP contribution in [0, 0.1) is 11.3 Å². The number of benzene rings is 1. The second-order valence-electron chi connectivity index (χ2n) is 5.18. The number of hydrogen-bond acceptors (Lipinski definition) is 3. The molecule has 0 unspecified atom stereocenters. The molecule has 0 spiro atoms. The molecule has 1 fully saturated rings. The molecular weight excluding hydrogens is 270 g/mol. The Morgan fingerprint density at radius 1 is 1.19 bits per heavy atom. The molecule has 1 aromatic rings. The van der Waals surface area contributed by atoms with Crippen LogP contribution in [0.15, 0.2) is 24.3 Å². The third-order valence-corrected chi connectivity index (χ3v) is 3.77. The van der Waals surface area contributed by atoms with E-state index in [0.717, 1.165) is 19.3 Å². The summed E-state index contributed by atoms with van der Waals surface area (Å²) in [6, 6.07) is 7.97. The molecule has 0 saturated heterocycles. The predicted molar refractivity (Wildman–Crippen MR) is 76.8 cm³/mol. The quantitative estimate of drug-likeness (QED) is 0.794. The number of carboxylic acid groups (broad SMARTS) is 1. The second kappa shape index (κ2) is 6.27. The van der Waals surface area contributed by atoms with Gasteiger partial charge in [-0.3, -0.25) is 0 Å². The second-order valence-corrected chi connectivity index (χ2v) is 5.18. The van der Waals surface area contributed by atoms with Crippen molar-refractivity contribution in [3.8, 4) is 6.07 Å². The summed E-state index contributed by atoms with van der Waals surface area (Å²) in [6.45, 7) is 0. The highest BCUT2D eigenvalue weighted by molar-refractivity contribution is 5.94. The summed E-state index contributed by atoms with van der Waals surface area (Å²) >= 11 is 0. The lowest BCUT2D eigenvalue weighted by Crippen LogP contribution is -2.56. The van der Waals surface area contributed by atoms with Gasteiger partial charge >= 0.3 is 12.0 Å². The molecule has 1 aliphatic rings. The van der Waals surface area contributed by atoms with E-state index in [9.17, 15) is 14.7 Å². The number of anilines is 1. The highest BCUT2D eigenvalue weighted by Gasteiger charge is 2.41. The topological polar surface area (TPSA) is 102 Å². The first-order valence-corrected chi connectivity index (χ1v) is 6.89. The van der Waals surface area contributed by atoms with Crippen molar-refractivity contribution in [1.29, 1.82) is 5.26 Å². The van der Waals surface area contributed by atoms with Gasteiger partial charge in [0.1, 0.15) is 11.6 Å². The Morgan fingerprint density at radius 2 is 1.86 bits per heavy atom.